The highest BCUT2D eigenvalue weighted by molar-refractivity contribution is 5.25. The van der Waals surface area contributed by atoms with E-state index < -0.39 is 0 Å². The highest BCUT2D eigenvalue weighted by Crippen LogP contribution is 2.67. The zero-order valence-electron chi connectivity index (χ0n) is 20.6. The van der Waals surface area contributed by atoms with Gasteiger partial charge < -0.3 is 9.84 Å². The van der Waals surface area contributed by atoms with Crippen molar-refractivity contribution in [2.24, 2.45) is 46.3 Å². The summed E-state index contributed by atoms with van der Waals surface area (Å²) in [6.07, 6.45) is 15.6. The van der Waals surface area contributed by atoms with Crippen molar-refractivity contribution in [3.8, 4) is 0 Å². The minimum absolute atomic E-state index is 0.120. The smallest absolute Gasteiger partial charge is 0.0608 e. The van der Waals surface area contributed by atoms with Crippen molar-refractivity contribution in [2.45, 2.75) is 111 Å². The molecule has 4 aliphatic carbocycles. The zero-order valence-corrected chi connectivity index (χ0v) is 20.6. The van der Waals surface area contributed by atoms with E-state index in [-0.39, 0.29) is 6.10 Å². The van der Waals surface area contributed by atoms with Crippen molar-refractivity contribution in [3.63, 3.8) is 0 Å². The molecule has 2 heteroatoms. The minimum Gasteiger partial charge on any atom is -0.393 e. The minimum atomic E-state index is -0.120. The van der Waals surface area contributed by atoms with Crippen LogP contribution in [-0.4, -0.2) is 24.4 Å². The lowest BCUT2D eigenvalue weighted by Crippen LogP contribution is -2.51. The fourth-order valence-corrected chi connectivity index (χ4v) is 8.77. The molecule has 0 unspecified atom stereocenters. The molecular weight excluding hydrogens is 368 g/mol. The Morgan fingerprint density at radius 2 is 1.80 bits per heavy atom. The Balaban J connectivity index is 1.50. The van der Waals surface area contributed by atoms with E-state index in [2.05, 4.69) is 40.7 Å². The average molecular weight is 417 g/mol. The molecule has 0 spiro atoms. The van der Waals surface area contributed by atoms with Gasteiger partial charge in [0, 0.05) is 7.11 Å². The van der Waals surface area contributed by atoms with E-state index in [1.165, 1.54) is 51.4 Å². The van der Waals surface area contributed by atoms with Gasteiger partial charge in [0.1, 0.15) is 0 Å². The van der Waals surface area contributed by atoms with Crippen LogP contribution in [-0.2, 0) is 4.74 Å². The van der Waals surface area contributed by atoms with Gasteiger partial charge >= 0.3 is 0 Å². The van der Waals surface area contributed by atoms with Gasteiger partial charge in [-0.25, -0.2) is 0 Å². The number of fused-ring (bicyclic) bond motifs is 5. The molecule has 0 radical (unpaired) electrons. The lowest BCUT2D eigenvalue weighted by Gasteiger charge is -2.58. The monoisotopic (exact) mass is 416 g/mol. The molecular formula is C28H48O2. The number of allylic oxidation sites excluding steroid dienone is 1. The third-order valence-corrected chi connectivity index (χ3v) is 10.7. The maximum Gasteiger partial charge on any atom is 0.0608 e. The molecule has 2 nitrogen and oxygen atoms in total. The number of hydrogen-bond donors (Lipinski definition) is 1. The second-order valence-corrected chi connectivity index (χ2v) is 12.5. The molecule has 0 bridgehead atoms. The van der Waals surface area contributed by atoms with Crippen LogP contribution in [0.5, 0.6) is 0 Å². The average Bonchev–Trinajstić information content (AvgIpc) is 3.07. The molecule has 4 aliphatic rings. The van der Waals surface area contributed by atoms with Crippen molar-refractivity contribution in [3.05, 3.63) is 11.6 Å². The van der Waals surface area contributed by atoms with Gasteiger partial charge in [-0.1, -0.05) is 46.3 Å². The van der Waals surface area contributed by atoms with Crippen LogP contribution in [0.4, 0.5) is 0 Å². The van der Waals surface area contributed by atoms with Crippen LogP contribution < -0.4 is 0 Å². The fraction of sp³-hybridized carbons (Fsp3) is 0.929. The fourth-order valence-electron chi connectivity index (χ4n) is 8.77. The predicted octanol–water partition coefficient (Wildman–Crippen LogP) is 7.01. The standard InChI is InChI=1S/C28H48O2/c1-18(2)7-12-26(29)19(3)23-10-11-24-22-9-8-20-17-21(30-6)13-15-27(20,4)25(22)14-16-28(23,24)5/h8,18-19,21-26,29H,7,9-17H2,1-6H3/t19-,21-,22-,23+,24-,25-,26-,27-,28+/m0/s1. The molecule has 0 aromatic carbocycles. The maximum atomic E-state index is 11.0. The van der Waals surface area contributed by atoms with Gasteiger partial charge in [-0.15, -0.1) is 0 Å². The van der Waals surface area contributed by atoms with Crippen molar-refractivity contribution in [2.75, 3.05) is 7.11 Å². The maximum absolute atomic E-state index is 11.0. The van der Waals surface area contributed by atoms with Gasteiger partial charge in [-0.3, -0.25) is 0 Å². The predicted molar refractivity (Wildman–Crippen MR) is 125 cm³/mol. The molecule has 3 saturated carbocycles. The van der Waals surface area contributed by atoms with Crippen LogP contribution in [0.2, 0.25) is 0 Å². The molecule has 1 N–H and O–H groups in total. The third kappa shape index (κ3) is 3.72. The largest absolute Gasteiger partial charge is 0.393 e. The summed E-state index contributed by atoms with van der Waals surface area (Å²) in [6, 6.07) is 0. The summed E-state index contributed by atoms with van der Waals surface area (Å²) < 4.78 is 5.74. The molecule has 0 aromatic heterocycles. The molecule has 4 rings (SSSR count). The van der Waals surface area contributed by atoms with Gasteiger partial charge in [-0.05, 0) is 111 Å². The van der Waals surface area contributed by atoms with Crippen molar-refractivity contribution < 1.29 is 9.84 Å². The van der Waals surface area contributed by atoms with Crippen molar-refractivity contribution in [1.82, 2.24) is 0 Å². The molecule has 0 heterocycles. The number of ether oxygens (including phenoxy) is 1. The first kappa shape index (κ1) is 22.8. The first-order valence-electron chi connectivity index (χ1n) is 13.1. The van der Waals surface area contributed by atoms with Gasteiger partial charge in [-0.2, -0.15) is 0 Å². The second kappa shape index (κ2) is 8.54. The summed E-state index contributed by atoms with van der Waals surface area (Å²) in [5.41, 5.74) is 2.57. The first-order chi connectivity index (χ1) is 14.2. The Morgan fingerprint density at radius 3 is 2.50 bits per heavy atom. The van der Waals surface area contributed by atoms with E-state index in [4.69, 9.17) is 4.74 Å². The molecule has 0 aromatic rings. The Bertz CT molecular complexity index is 639. The highest BCUT2D eigenvalue weighted by atomic mass is 16.5. The summed E-state index contributed by atoms with van der Waals surface area (Å²) >= 11 is 0. The number of aliphatic hydroxyl groups is 1. The van der Waals surface area contributed by atoms with E-state index in [1.807, 2.05) is 7.11 Å². The van der Waals surface area contributed by atoms with Gasteiger partial charge in [0.15, 0.2) is 0 Å². The van der Waals surface area contributed by atoms with Crippen LogP contribution in [0.25, 0.3) is 0 Å². The van der Waals surface area contributed by atoms with Crippen molar-refractivity contribution in [1.29, 1.82) is 0 Å². The number of methoxy groups -OCH3 is 1. The van der Waals surface area contributed by atoms with Gasteiger partial charge in [0.25, 0.3) is 0 Å². The zero-order chi connectivity index (χ0) is 21.7. The van der Waals surface area contributed by atoms with Crippen LogP contribution in [0, 0.1) is 46.3 Å². The second-order valence-electron chi connectivity index (χ2n) is 12.5. The Morgan fingerprint density at radius 1 is 1.03 bits per heavy atom. The summed E-state index contributed by atoms with van der Waals surface area (Å²) in [6.45, 7) is 12.1. The SMILES string of the molecule is CO[C@H]1CC[C@@]2(C)C(=CC[C@H]3[C@@H]4CC[C@H]([C@H](C)[C@@H](O)CCC(C)C)[C@@]4(C)CC[C@@H]32)C1. The van der Waals surface area contributed by atoms with E-state index in [1.54, 1.807) is 5.57 Å². The summed E-state index contributed by atoms with van der Waals surface area (Å²) in [4.78, 5) is 0. The highest BCUT2D eigenvalue weighted by Gasteiger charge is 2.59. The van der Waals surface area contributed by atoms with Crippen LogP contribution >= 0.6 is 0 Å². The first-order valence-corrected chi connectivity index (χ1v) is 13.1. The summed E-state index contributed by atoms with van der Waals surface area (Å²) in [5.74, 6) is 4.42. The summed E-state index contributed by atoms with van der Waals surface area (Å²) in [5, 5.41) is 11.0. The third-order valence-electron chi connectivity index (χ3n) is 10.7. The number of aliphatic hydroxyl groups excluding tert-OH is 1. The van der Waals surface area contributed by atoms with E-state index in [9.17, 15) is 5.11 Å². The molecule has 0 aliphatic heterocycles. The van der Waals surface area contributed by atoms with E-state index in [0.29, 0.717) is 34.7 Å². The Hall–Kier alpha value is -0.340. The molecule has 9 atom stereocenters. The van der Waals surface area contributed by atoms with Crippen LogP contribution in [0.1, 0.15) is 98.8 Å². The topological polar surface area (TPSA) is 29.5 Å². The number of hydrogen-bond acceptors (Lipinski definition) is 2. The Kier molecular flexibility index (Phi) is 6.50. The quantitative estimate of drug-likeness (QED) is 0.472. The molecule has 0 saturated heterocycles. The molecule has 3 fully saturated rings. The molecule has 0 amide bonds. The van der Waals surface area contributed by atoms with Crippen molar-refractivity contribution >= 4 is 0 Å². The molecule has 172 valence electrons. The van der Waals surface area contributed by atoms with Gasteiger partial charge in [0.2, 0.25) is 0 Å². The molecule has 30 heavy (non-hydrogen) atoms. The van der Waals surface area contributed by atoms with Gasteiger partial charge in [0.05, 0.1) is 12.2 Å². The Labute approximate surface area is 186 Å². The van der Waals surface area contributed by atoms with E-state index >= 15 is 0 Å². The number of rotatable bonds is 6. The van der Waals surface area contributed by atoms with E-state index in [0.717, 1.165) is 30.6 Å². The lowest BCUT2D eigenvalue weighted by molar-refractivity contribution is -0.0701. The summed E-state index contributed by atoms with van der Waals surface area (Å²) in [7, 11) is 1.89. The van der Waals surface area contributed by atoms with Crippen LogP contribution in [0.3, 0.4) is 0 Å². The van der Waals surface area contributed by atoms with Crippen LogP contribution in [0.15, 0.2) is 11.6 Å². The lowest BCUT2D eigenvalue weighted by atomic mass is 9.47. The normalized spacial score (nSPS) is 45.3.